The largest absolute Gasteiger partial charge is 0.464 e. The van der Waals surface area contributed by atoms with Crippen LogP contribution in [0.1, 0.15) is 16.2 Å². The van der Waals surface area contributed by atoms with Crippen molar-refractivity contribution in [2.24, 2.45) is 0 Å². The summed E-state index contributed by atoms with van der Waals surface area (Å²) in [7, 11) is 1.26. The van der Waals surface area contributed by atoms with E-state index in [4.69, 9.17) is 0 Å². The second kappa shape index (κ2) is 3.85. The van der Waals surface area contributed by atoms with Crippen LogP contribution in [0, 0.1) is 17.0 Å². The molecule has 2 rings (SSSR count). The van der Waals surface area contributed by atoms with E-state index in [1.165, 1.54) is 29.8 Å². The summed E-state index contributed by atoms with van der Waals surface area (Å²) in [4.78, 5) is 25.6. The van der Waals surface area contributed by atoms with Crippen molar-refractivity contribution in [1.82, 2.24) is 9.38 Å². The van der Waals surface area contributed by atoms with Crippen molar-refractivity contribution in [2.75, 3.05) is 7.11 Å². The number of esters is 1. The van der Waals surface area contributed by atoms with Gasteiger partial charge in [0.25, 0.3) is 5.69 Å². The highest BCUT2D eigenvalue weighted by atomic mass is 16.6. The molecule has 0 saturated heterocycles. The first-order valence-corrected chi connectivity index (χ1v) is 4.76. The molecular formula is C10H9N3O4. The van der Waals surface area contributed by atoms with Gasteiger partial charge in [-0.3, -0.25) is 14.5 Å². The molecule has 0 aliphatic carbocycles. The van der Waals surface area contributed by atoms with E-state index in [1.807, 2.05) is 0 Å². The van der Waals surface area contributed by atoms with Crippen molar-refractivity contribution in [3.05, 3.63) is 39.8 Å². The fourth-order valence-corrected chi connectivity index (χ4v) is 1.55. The van der Waals surface area contributed by atoms with E-state index in [2.05, 4.69) is 9.72 Å². The van der Waals surface area contributed by atoms with E-state index in [0.29, 0.717) is 11.3 Å². The summed E-state index contributed by atoms with van der Waals surface area (Å²) in [6.45, 7) is 1.65. The zero-order chi connectivity index (χ0) is 12.6. The van der Waals surface area contributed by atoms with Gasteiger partial charge in [0.2, 0.25) is 0 Å². The van der Waals surface area contributed by atoms with Crippen molar-refractivity contribution >= 4 is 17.3 Å². The summed E-state index contributed by atoms with van der Waals surface area (Å²) in [6, 6.07) is 2.82. The van der Waals surface area contributed by atoms with E-state index in [0.717, 1.165) is 0 Å². The van der Waals surface area contributed by atoms with Gasteiger partial charge in [-0.05, 0) is 13.0 Å². The van der Waals surface area contributed by atoms with Gasteiger partial charge < -0.3 is 4.74 Å². The summed E-state index contributed by atoms with van der Waals surface area (Å²) < 4.78 is 6.07. The Labute approximate surface area is 95.8 Å². The lowest BCUT2D eigenvalue weighted by molar-refractivity contribution is -0.385. The molecule has 0 radical (unpaired) electrons. The predicted octanol–water partition coefficient (Wildman–Crippen LogP) is 1.34. The van der Waals surface area contributed by atoms with Crippen molar-refractivity contribution in [2.45, 2.75) is 6.92 Å². The Hall–Kier alpha value is -2.44. The Balaban J connectivity index is 2.66. The smallest absolute Gasteiger partial charge is 0.358 e. The monoisotopic (exact) mass is 235 g/mol. The van der Waals surface area contributed by atoms with Crippen LogP contribution in [0.15, 0.2) is 18.3 Å². The third-order valence-corrected chi connectivity index (χ3v) is 2.43. The number of ether oxygens (including phenoxy) is 1. The van der Waals surface area contributed by atoms with Gasteiger partial charge in [0, 0.05) is 6.07 Å². The first-order valence-electron chi connectivity index (χ1n) is 4.76. The van der Waals surface area contributed by atoms with E-state index in [1.54, 1.807) is 6.92 Å². The van der Waals surface area contributed by atoms with E-state index < -0.39 is 10.9 Å². The highest BCUT2D eigenvalue weighted by molar-refractivity contribution is 5.89. The average Bonchev–Trinajstić information content (AvgIpc) is 2.65. The Kier molecular flexibility index (Phi) is 2.51. The SMILES string of the molecule is COC(=O)c1nc2ccc([N+](=O)[O-])cn2c1C. The molecule has 2 aromatic heterocycles. The number of rotatable bonds is 2. The number of pyridine rings is 1. The maximum absolute atomic E-state index is 11.4. The van der Waals surface area contributed by atoms with Crippen LogP contribution in [0.5, 0.6) is 0 Å². The topological polar surface area (TPSA) is 86.7 Å². The average molecular weight is 235 g/mol. The zero-order valence-electron chi connectivity index (χ0n) is 9.21. The maximum Gasteiger partial charge on any atom is 0.358 e. The molecule has 0 aliphatic heterocycles. The van der Waals surface area contributed by atoms with Crippen LogP contribution in [0.3, 0.4) is 0 Å². The number of nitro groups is 1. The van der Waals surface area contributed by atoms with Gasteiger partial charge in [0.1, 0.15) is 5.65 Å². The molecule has 2 heterocycles. The fourth-order valence-electron chi connectivity index (χ4n) is 1.55. The lowest BCUT2D eigenvalue weighted by Gasteiger charge is -1.97. The first kappa shape index (κ1) is 11.1. The standard InChI is InChI=1S/C10H9N3O4/c1-6-9(10(14)17-2)11-8-4-3-7(13(15)16)5-12(6)8/h3-5H,1-2H3. The highest BCUT2D eigenvalue weighted by Crippen LogP contribution is 2.17. The van der Waals surface area contributed by atoms with Crippen LogP contribution in [-0.2, 0) is 4.74 Å². The number of hydrogen-bond acceptors (Lipinski definition) is 5. The molecule has 0 aromatic carbocycles. The van der Waals surface area contributed by atoms with Crippen molar-refractivity contribution in [3.8, 4) is 0 Å². The van der Waals surface area contributed by atoms with Gasteiger partial charge in [0.15, 0.2) is 5.69 Å². The predicted molar refractivity (Wildman–Crippen MR) is 57.9 cm³/mol. The number of methoxy groups -OCH3 is 1. The Morgan fingerprint density at radius 2 is 2.24 bits per heavy atom. The molecular weight excluding hydrogens is 226 g/mol. The van der Waals surface area contributed by atoms with Crippen LogP contribution in [0.2, 0.25) is 0 Å². The van der Waals surface area contributed by atoms with Crippen molar-refractivity contribution in [1.29, 1.82) is 0 Å². The Bertz CT molecular complexity index is 617. The van der Waals surface area contributed by atoms with Gasteiger partial charge in [0.05, 0.1) is 23.9 Å². The summed E-state index contributed by atoms with van der Waals surface area (Å²) in [6.07, 6.45) is 1.32. The molecule has 2 aromatic rings. The molecule has 88 valence electrons. The number of fused-ring (bicyclic) bond motifs is 1. The zero-order valence-corrected chi connectivity index (χ0v) is 9.21. The van der Waals surface area contributed by atoms with E-state index >= 15 is 0 Å². The normalized spacial score (nSPS) is 10.5. The maximum atomic E-state index is 11.4. The molecule has 0 amide bonds. The van der Waals surface area contributed by atoms with Gasteiger partial charge >= 0.3 is 5.97 Å². The number of imidazole rings is 1. The number of carbonyl (C=O) groups is 1. The minimum atomic E-state index is -0.561. The molecule has 0 fully saturated rings. The molecule has 7 heteroatoms. The summed E-state index contributed by atoms with van der Waals surface area (Å²) in [5, 5.41) is 10.6. The van der Waals surface area contributed by atoms with Gasteiger partial charge in [-0.1, -0.05) is 0 Å². The molecule has 0 saturated carbocycles. The second-order valence-electron chi connectivity index (χ2n) is 3.41. The molecule has 0 unspecified atom stereocenters. The van der Waals surface area contributed by atoms with Gasteiger partial charge in [-0.2, -0.15) is 0 Å². The lowest BCUT2D eigenvalue weighted by Crippen LogP contribution is -2.03. The minimum Gasteiger partial charge on any atom is -0.464 e. The number of aromatic nitrogens is 2. The summed E-state index contributed by atoms with van der Waals surface area (Å²) >= 11 is 0. The highest BCUT2D eigenvalue weighted by Gasteiger charge is 2.17. The number of nitrogens with zero attached hydrogens (tertiary/aromatic N) is 3. The quantitative estimate of drug-likeness (QED) is 0.445. The summed E-state index contributed by atoms with van der Waals surface area (Å²) in [5.74, 6) is -0.561. The van der Waals surface area contributed by atoms with E-state index in [9.17, 15) is 14.9 Å². The number of carbonyl (C=O) groups excluding carboxylic acids is 1. The van der Waals surface area contributed by atoms with Crippen LogP contribution in [0.4, 0.5) is 5.69 Å². The molecule has 0 bridgehead atoms. The molecule has 0 aliphatic rings. The van der Waals surface area contributed by atoms with Crippen LogP contribution >= 0.6 is 0 Å². The van der Waals surface area contributed by atoms with Crippen LogP contribution in [0.25, 0.3) is 5.65 Å². The number of hydrogen-bond donors (Lipinski definition) is 0. The molecule has 7 nitrogen and oxygen atoms in total. The molecule has 0 atom stereocenters. The van der Waals surface area contributed by atoms with Crippen molar-refractivity contribution in [3.63, 3.8) is 0 Å². The van der Waals surface area contributed by atoms with Crippen LogP contribution < -0.4 is 0 Å². The summed E-state index contributed by atoms with van der Waals surface area (Å²) in [5.41, 5.74) is 1.08. The third kappa shape index (κ3) is 1.71. The van der Waals surface area contributed by atoms with Gasteiger partial charge in [-0.25, -0.2) is 9.78 Å². The molecule has 17 heavy (non-hydrogen) atoms. The fraction of sp³-hybridized carbons (Fsp3) is 0.200. The minimum absolute atomic E-state index is 0.0607. The Morgan fingerprint density at radius 3 is 2.82 bits per heavy atom. The Morgan fingerprint density at radius 1 is 1.53 bits per heavy atom. The molecule has 0 spiro atoms. The van der Waals surface area contributed by atoms with Crippen molar-refractivity contribution < 1.29 is 14.5 Å². The van der Waals surface area contributed by atoms with Gasteiger partial charge in [-0.15, -0.1) is 0 Å². The second-order valence-corrected chi connectivity index (χ2v) is 3.41. The lowest BCUT2D eigenvalue weighted by atomic mass is 10.3. The van der Waals surface area contributed by atoms with E-state index in [-0.39, 0.29) is 11.4 Å². The molecule has 0 N–H and O–H groups in total. The third-order valence-electron chi connectivity index (χ3n) is 2.43. The number of aryl methyl sites for hydroxylation is 1. The first-order chi connectivity index (χ1) is 8.04. The van der Waals surface area contributed by atoms with Crippen LogP contribution in [-0.4, -0.2) is 27.4 Å².